The van der Waals surface area contributed by atoms with Crippen LogP contribution >= 0.6 is 0 Å². The maximum atomic E-state index is 12.8. The van der Waals surface area contributed by atoms with Crippen molar-refractivity contribution in [3.8, 4) is 0 Å². The van der Waals surface area contributed by atoms with Crippen molar-refractivity contribution in [1.29, 1.82) is 0 Å². The van der Waals surface area contributed by atoms with Crippen molar-refractivity contribution in [1.82, 2.24) is 0 Å². The third-order valence-corrected chi connectivity index (χ3v) is 2.49. The molecule has 0 aliphatic heterocycles. The normalized spacial score (nSPS) is 39.3. The Kier molecular flexibility index (Phi) is 1.34. The van der Waals surface area contributed by atoms with E-state index in [1.54, 1.807) is 0 Å². The predicted molar refractivity (Wildman–Crippen MR) is 37.0 cm³/mol. The summed E-state index contributed by atoms with van der Waals surface area (Å²) in [6, 6.07) is 0. The predicted octanol–water partition coefficient (Wildman–Crippen LogP) is 2.64. The highest BCUT2D eigenvalue weighted by Gasteiger charge is 2.59. The molecule has 0 saturated heterocycles. The van der Waals surface area contributed by atoms with Crippen molar-refractivity contribution in [2.75, 3.05) is 0 Å². The number of hydrogen-bond acceptors (Lipinski definition) is 0. The second-order valence-electron chi connectivity index (χ2n) is 3.99. The molecule has 1 rings (SSSR count). The summed E-state index contributed by atoms with van der Waals surface area (Å²) < 4.78 is 12.8. The fourth-order valence-corrected chi connectivity index (χ4v) is 1.81. The van der Waals surface area contributed by atoms with Crippen LogP contribution in [-0.4, -0.2) is 6.17 Å². The van der Waals surface area contributed by atoms with E-state index < -0.39 is 6.17 Å². The highest BCUT2D eigenvalue weighted by atomic mass is 19.1. The first kappa shape index (κ1) is 7.04. The van der Waals surface area contributed by atoms with E-state index >= 15 is 0 Å². The molecule has 0 radical (unpaired) electrons. The van der Waals surface area contributed by atoms with Gasteiger partial charge in [0.25, 0.3) is 0 Å². The van der Waals surface area contributed by atoms with E-state index in [9.17, 15) is 4.39 Å². The summed E-state index contributed by atoms with van der Waals surface area (Å²) in [6.45, 7) is 8.18. The number of alkyl halides is 1. The Morgan fingerprint density at radius 2 is 1.67 bits per heavy atom. The van der Waals surface area contributed by atoms with Gasteiger partial charge in [-0.3, -0.25) is 0 Å². The molecule has 0 spiro atoms. The van der Waals surface area contributed by atoms with Gasteiger partial charge in [-0.1, -0.05) is 27.7 Å². The molecule has 0 nitrogen and oxygen atoms in total. The van der Waals surface area contributed by atoms with Crippen LogP contribution < -0.4 is 0 Å². The van der Waals surface area contributed by atoms with Crippen LogP contribution in [0.25, 0.3) is 0 Å². The molecule has 0 bridgehead atoms. The van der Waals surface area contributed by atoms with Gasteiger partial charge in [0, 0.05) is 11.3 Å². The molecule has 9 heavy (non-hydrogen) atoms. The second-order valence-corrected chi connectivity index (χ2v) is 3.99. The summed E-state index contributed by atoms with van der Waals surface area (Å²) in [4.78, 5) is 0. The molecule has 2 atom stereocenters. The number of halogens is 1. The van der Waals surface area contributed by atoms with Gasteiger partial charge < -0.3 is 0 Å². The van der Waals surface area contributed by atoms with Crippen LogP contribution in [0.15, 0.2) is 0 Å². The van der Waals surface area contributed by atoms with E-state index in [0.29, 0.717) is 11.8 Å². The van der Waals surface area contributed by atoms with E-state index in [1.807, 2.05) is 13.8 Å². The van der Waals surface area contributed by atoms with Crippen molar-refractivity contribution < 1.29 is 4.39 Å². The summed E-state index contributed by atoms with van der Waals surface area (Å²) in [5, 5.41) is 0. The minimum absolute atomic E-state index is 0.0197. The fraction of sp³-hybridized carbons (Fsp3) is 1.00. The Labute approximate surface area is 56.5 Å². The van der Waals surface area contributed by atoms with Gasteiger partial charge >= 0.3 is 0 Å². The standard InChI is InChI=1S/C8H15F/c1-5(2)6-7(9)8(6,3)4/h5-7H,1-4H3. The van der Waals surface area contributed by atoms with Crippen molar-refractivity contribution in [2.45, 2.75) is 33.9 Å². The summed E-state index contributed by atoms with van der Waals surface area (Å²) in [6.07, 6.45) is -0.544. The number of rotatable bonds is 1. The molecule has 2 unspecified atom stereocenters. The average Bonchev–Trinajstić information content (AvgIpc) is 2.07. The van der Waals surface area contributed by atoms with Crippen LogP contribution in [-0.2, 0) is 0 Å². The van der Waals surface area contributed by atoms with Crippen LogP contribution in [0.1, 0.15) is 27.7 Å². The maximum absolute atomic E-state index is 12.8. The van der Waals surface area contributed by atoms with Gasteiger partial charge in [-0.05, 0) is 5.92 Å². The molecule has 54 valence electrons. The molecular formula is C8H15F. The van der Waals surface area contributed by atoms with E-state index in [-0.39, 0.29) is 5.41 Å². The van der Waals surface area contributed by atoms with Gasteiger partial charge in [-0.2, -0.15) is 0 Å². The molecule has 1 fully saturated rings. The molecule has 0 N–H and O–H groups in total. The SMILES string of the molecule is CC(C)C1C(F)C1(C)C. The Hall–Kier alpha value is -0.0700. The molecule has 0 heterocycles. The minimum Gasteiger partial charge on any atom is -0.247 e. The zero-order valence-corrected chi connectivity index (χ0v) is 6.61. The summed E-state index contributed by atoms with van der Waals surface area (Å²) in [5.41, 5.74) is -0.0197. The number of hydrogen-bond donors (Lipinski definition) is 0. The lowest BCUT2D eigenvalue weighted by Crippen LogP contribution is -1.96. The molecule has 0 aromatic rings. The first-order valence-corrected chi connectivity index (χ1v) is 3.62. The molecule has 1 saturated carbocycles. The molecule has 0 aromatic heterocycles. The van der Waals surface area contributed by atoms with E-state index in [0.717, 1.165) is 0 Å². The molecule has 0 amide bonds. The minimum atomic E-state index is -0.544. The van der Waals surface area contributed by atoms with E-state index in [4.69, 9.17) is 0 Å². The average molecular weight is 130 g/mol. The quantitative estimate of drug-likeness (QED) is 0.512. The first-order valence-electron chi connectivity index (χ1n) is 3.62. The summed E-state index contributed by atoms with van der Waals surface area (Å²) in [7, 11) is 0. The molecule has 1 aliphatic carbocycles. The third kappa shape index (κ3) is 0.867. The van der Waals surface area contributed by atoms with Crippen molar-refractivity contribution >= 4 is 0 Å². The first-order chi connectivity index (χ1) is 3.98. The van der Waals surface area contributed by atoms with Gasteiger partial charge in [0.15, 0.2) is 0 Å². The highest BCUT2D eigenvalue weighted by Crippen LogP contribution is 2.57. The van der Waals surface area contributed by atoms with E-state index in [1.165, 1.54) is 0 Å². The van der Waals surface area contributed by atoms with Crippen LogP contribution in [0, 0.1) is 17.3 Å². The zero-order valence-electron chi connectivity index (χ0n) is 6.61. The van der Waals surface area contributed by atoms with Crippen molar-refractivity contribution in [3.63, 3.8) is 0 Å². The Balaban J connectivity index is 2.52. The Morgan fingerprint density at radius 3 is 1.67 bits per heavy atom. The fourth-order valence-electron chi connectivity index (χ4n) is 1.81. The highest BCUT2D eigenvalue weighted by molar-refractivity contribution is 5.06. The zero-order chi connectivity index (χ0) is 7.23. The molecular weight excluding hydrogens is 115 g/mol. The van der Waals surface area contributed by atoms with Gasteiger partial charge in [-0.15, -0.1) is 0 Å². The largest absolute Gasteiger partial charge is 0.247 e. The lowest BCUT2D eigenvalue weighted by molar-refractivity contribution is 0.391. The third-order valence-electron chi connectivity index (χ3n) is 2.49. The molecule has 0 aromatic carbocycles. The Morgan fingerprint density at radius 1 is 1.33 bits per heavy atom. The van der Waals surface area contributed by atoms with Crippen molar-refractivity contribution in [2.24, 2.45) is 17.3 Å². The van der Waals surface area contributed by atoms with Gasteiger partial charge in [0.1, 0.15) is 6.17 Å². The lowest BCUT2D eigenvalue weighted by atomic mass is 10.0. The van der Waals surface area contributed by atoms with Gasteiger partial charge in [-0.25, -0.2) is 4.39 Å². The van der Waals surface area contributed by atoms with Gasteiger partial charge in [0.05, 0.1) is 0 Å². The smallest absolute Gasteiger partial charge is 0.109 e. The summed E-state index contributed by atoms with van der Waals surface area (Å²) >= 11 is 0. The maximum Gasteiger partial charge on any atom is 0.109 e. The van der Waals surface area contributed by atoms with Crippen molar-refractivity contribution in [3.05, 3.63) is 0 Å². The lowest BCUT2D eigenvalue weighted by Gasteiger charge is -2.02. The monoisotopic (exact) mass is 130 g/mol. The van der Waals surface area contributed by atoms with Gasteiger partial charge in [0.2, 0.25) is 0 Å². The topological polar surface area (TPSA) is 0 Å². The Bertz CT molecular complexity index is 116. The van der Waals surface area contributed by atoms with Crippen LogP contribution in [0.3, 0.4) is 0 Å². The van der Waals surface area contributed by atoms with Crippen LogP contribution in [0.4, 0.5) is 4.39 Å². The summed E-state index contributed by atoms with van der Waals surface area (Å²) in [5.74, 6) is 0.826. The molecule has 1 heteroatoms. The van der Waals surface area contributed by atoms with Crippen LogP contribution in [0.2, 0.25) is 0 Å². The second kappa shape index (κ2) is 1.71. The van der Waals surface area contributed by atoms with Crippen LogP contribution in [0.5, 0.6) is 0 Å². The van der Waals surface area contributed by atoms with E-state index in [2.05, 4.69) is 13.8 Å². The molecule has 1 aliphatic rings.